The highest BCUT2D eigenvalue weighted by Gasteiger charge is 2.28. The van der Waals surface area contributed by atoms with Crippen molar-refractivity contribution in [2.75, 3.05) is 52.5 Å². The van der Waals surface area contributed by atoms with Crippen LogP contribution in [0, 0.1) is 0 Å². The van der Waals surface area contributed by atoms with Gasteiger partial charge in [0, 0.05) is 44.3 Å². The van der Waals surface area contributed by atoms with Gasteiger partial charge >= 0.3 is 0 Å². The van der Waals surface area contributed by atoms with Crippen LogP contribution in [0.1, 0.15) is 30.6 Å². The second kappa shape index (κ2) is 10.00. The van der Waals surface area contributed by atoms with Crippen LogP contribution in [0.25, 0.3) is 0 Å². The summed E-state index contributed by atoms with van der Waals surface area (Å²) < 4.78 is 11.2. The molecule has 146 valence electrons. The van der Waals surface area contributed by atoms with E-state index in [1.54, 1.807) is 0 Å². The molecule has 6 nitrogen and oxygen atoms in total. The van der Waals surface area contributed by atoms with E-state index < -0.39 is 0 Å². The van der Waals surface area contributed by atoms with Gasteiger partial charge in [-0.2, -0.15) is 0 Å². The van der Waals surface area contributed by atoms with Crippen LogP contribution >= 0.6 is 12.4 Å². The van der Waals surface area contributed by atoms with E-state index in [1.807, 2.05) is 36.9 Å². The van der Waals surface area contributed by atoms with Crippen molar-refractivity contribution < 1.29 is 14.3 Å². The lowest BCUT2D eigenvalue weighted by atomic mass is 10.1. The van der Waals surface area contributed by atoms with Gasteiger partial charge in [0.1, 0.15) is 0 Å². The third-order valence-electron chi connectivity index (χ3n) is 4.94. The molecule has 0 aromatic heterocycles. The zero-order valence-corrected chi connectivity index (χ0v) is 16.5. The number of nitrogens with one attached hydrogen (secondary N) is 1. The van der Waals surface area contributed by atoms with Crippen molar-refractivity contribution in [2.45, 2.75) is 26.3 Å². The number of halogens is 1. The van der Waals surface area contributed by atoms with Gasteiger partial charge in [-0.1, -0.05) is 0 Å². The summed E-state index contributed by atoms with van der Waals surface area (Å²) in [4.78, 5) is 17.3. The lowest BCUT2D eigenvalue weighted by Crippen LogP contribution is -2.52. The quantitative estimate of drug-likeness (QED) is 0.814. The van der Waals surface area contributed by atoms with E-state index in [-0.39, 0.29) is 18.3 Å². The SMILES string of the molecule is CCOc1ccc(C(=O)N2CCN(C3CCNC3)CC2)cc1OCC.Cl. The third kappa shape index (κ3) is 4.81. The summed E-state index contributed by atoms with van der Waals surface area (Å²) in [5.41, 5.74) is 0.669. The average Bonchev–Trinajstić information content (AvgIpc) is 3.18. The molecule has 1 aromatic rings. The number of amides is 1. The molecule has 2 heterocycles. The summed E-state index contributed by atoms with van der Waals surface area (Å²) in [5.74, 6) is 1.42. The Balaban J connectivity index is 0.00000243. The Bertz CT molecular complexity index is 585. The van der Waals surface area contributed by atoms with Crippen molar-refractivity contribution in [3.8, 4) is 11.5 Å². The van der Waals surface area contributed by atoms with E-state index in [0.717, 1.165) is 39.3 Å². The molecule has 2 saturated heterocycles. The summed E-state index contributed by atoms with van der Waals surface area (Å²) in [6.07, 6.45) is 1.21. The van der Waals surface area contributed by atoms with Gasteiger partial charge in [0.25, 0.3) is 5.91 Å². The van der Waals surface area contributed by atoms with Gasteiger partial charge in [-0.05, 0) is 45.0 Å². The molecule has 1 unspecified atom stereocenters. The minimum absolute atomic E-state index is 0. The van der Waals surface area contributed by atoms with Crippen molar-refractivity contribution in [1.82, 2.24) is 15.1 Å². The largest absolute Gasteiger partial charge is 0.490 e. The fourth-order valence-electron chi connectivity index (χ4n) is 3.61. The normalized spacial score (nSPS) is 20.5. The molecule has 2 fully saturated rings. The first-order valence-electron chi connectivity index (χ1n) is 9.36. The van der Waals surface area contributed by atoms with Crippen LogP contribution in [0.4, 0.5) is 0 Å². The van der Waals surface area contributed by atoms with Crippen LogP contribution < -0.4 is 14.8 Å². The van der Waals surface area contributed by atoms with Gasteiger partial charge in [0.15, 0.2) is 11.5 Å². The number of carbonyl (C=O) groups excluding carboxylic acids is 1. The topological polar surface area (TPSA) is 54.0 Å². The fourth-order valence-corrected chi connectivity index (χ4v) is 3.61. The molecular formula is C19H30ClN3O3. The number of hydrogen-bond acceptors (Lipinski definition) is 5. The second-order valence-corrected chi connectivity index (χ2v) is 6.50. The van der Waals surface area contributed by atoms with Gasteiger partial charge in [-0.15, -0.1) is 12.4 Å². The molecule has 0 radical (unpaired) electrons. The van der Waals surface area contributed by atoms with Crippen LogP contribution in [-0.4, -0.2) is 74.2 Å². The standard InChI is InChI=1S/C19H29N3O3.ClH/c1-3-24-17-6-5-15(13-18(17)25-4-2)19(23)22-11-9-21(10-12-22)16-7-8-20-14-16;/h5-6,13,16,20H,3-4,7-12,14H2,1-2H3;1H. The maximum Gasteiger partial charge on any atom is 0.254 e. The number of nitrogens with zero attached hydrogens (tertiary/aromatic N) is 2. The van der Waals surface area contributed by atoms with Crippen LogP contribution in [0.2, 0.25) is 0 Å². The summed E-state index contributed by atoms with van der Waals surface area (Å²) >= 11 is 0. The second-order valence-electron chi connectivity index (χ2n) is 6.50. The van der Waals surface area contributed by atoms with Crippen molar-refractivity contribution in [1.29, 1.82) is 0 Å². The summed E-state index contributed by atoms with van der Waals surface area (Å²) in [5, 5.41) is 3.42. The number of ether oxygens (including phenoxy) is 2. The van der Waals surface area contributed by atoms with E-state index in [4.69, 9.17) is 9.47 Å². The molecule has 1 amide bonds. The van der Waals surface area contributed by atoms with Crippen molar-refractivity contribution in [3.63, 3.8) is 0 Å². The molecule has 1 atom stereocenters. The summed E-state index contributed by atoms with van der Waals surface area (Å²) in [6.45, 7) is 10.6. The first kappa shape index (κ1) is 20.8. The number of hydrogen-bond donors (Lipinski definition) is 1. The Morgan fingerprint density at radius 3 is 2.42 bits per heavy atom. The molecule has 0 bridgehead atoms. The predicted molar refractivity (Wildman–Crippen MR) is 105 cm³/mol. The predicted octanol–water partition coefficient (Wildman–Crippen LogP) is 2.03. The minimum Gasteiger partial charge on any atom is -0.490 e. The van der Waals surface area contributed by atoms with Crippen molar-refractivity contribution in [2.24, 2.45) is 0 Å². The zero-order chi connectivity index (χ0) is 17.6. The summed E-state index contributed by atoms with van der Waals surface area (Å²) in [7, 11) is 0. The molecule has 7 heteroatoms. The lowest BCUT2D eigenvalue weighted by molar-refractivity contribution is 0.0583. The number of carbonyl (C=O) groups is 1. The molecule has 26 heavy (non-hydrogen) atoms. The van der Waals surface area contributed by atoms with Crippen molar-refractivity contribution >= 4 is 18.3 Å². The van der Waals surface area contributed by atoms with Crippen LogP contribution in [0.15, 0.2) is 18.2 Å². The van der Waals surface area contributed by atoms with Gasteiger partial charge < -0.3 is 19.7 Å². The molecule has 0 spiro atoms. The first-order valence-corrected chi connectivity index (χ1v) is 9.36. The van der Waals surface area contributed by atoms with Crippen molar-refractivity contribution in [3.05, 3.63) is 23.8 Å². The van der Waals surface area contributed by atoms with E-state index in [1.165, 1.54) is 6.42 Å². The number of rotatable bonds is 6. The van der Waals surface area contributed by atoms with E-state index in [9.17, 15) is 4.79 Å². The van der Waals surface area contributed by atoms with Crippen LogP contribution in [0.3, 0.4) is 0 Å². The Hall–Kier alpha value is -1.50. The van der Waals surface area contributed by atoms with Crippen LogP contribution in [-0.2, 0) is 0 Å². The molecule has 0 saturated carbocycles. The van der Waals surface area contributed by atoms with Gasteiger partial charge in [0.05, 0.1) is 13.2 Å². The minimum atomic E-state index is 0. The molecule has 2 aliphatic heterocycles. The van der Waals surface area contributed by atoms with Crippen LogP contribution in [0.5, 0.6) is 11.5 Å². The molecule has 2 aliphatic rings. The Kier molecular flexibility index (Phi) is 8.00. The smallest absolute Gasteiger partial charge is 0.254 e. The zero-order valence-electron chi connectivity index (χ0n) is 15.7. The number of benzene rings is 1. The highest BCUT2D eigenvalue weighted by molar-refractivity contribution is 5.95. The Labute approximate surface area is 162 Å². The Morgan fingerprint density at radius 1 is 1.12 bits per heavy atom. The highest BCUT2D eigenvalue weighted by Crippen LogP contribution is 2.29. The first-order chi connectivity index (χ1) is 12.2. The van der Waals surface area contributed by atoms with E-state index in [2.05, 4.69) is 10.2 Å². The fraction of sp³-hybridized carbons (Fsp3) is 0.632. The molecule has 0 aliphatic carbocycles. The third-order valence-corrected chi connectivity index (χ3v) is 4.94. The van der Waals surface area contributed by atoms with Gasteiger partial charge in [-0.25, -0.2) is 0 Å². The van der Waals surface area contributed by atoms with Gasteiger partial charge in [0.2, 0.25) is 0 Å². The average molecular weight is 384 g/mol. The maximum absolute atomic E-state index is 12.9. The van der Waals surface area contributed by atoms with Gasteiger partial charge in [-0.3, -0.25) is 9.69 Å². The maximum atomic E-state index is 12.9. The molecular weight excluding hydrogens is 354 g/mol. The monoisotopic (exact) mass is 383 g/mol. The Morgan fingerprint density at radius 2 is 1.81 bits per heavy atom. The lowest BCUT2D eigenvalue weighted by Gasteiger charge is -2.37. The molecule has 1 aromatic carbocycles. The highest BCUT2D eigenvalue weighted by atomic mass is 35.5. The summed E-state index contributed by atoms with van der Waals surface area (Å²) in [6, 6.07) is 6.11. The number of piperazine rings is 1. The van der Waals surface area contributed by atoms with E-state index in [0.29, 0.717) is 36.3 Å². The molecule has 3 rings (SSSR count). The van der Waals surface area contributed by atoms with E-state index >= 15 is 0 Å². The molecule has 1 N–H and O–H groups in total.